The number of fused-ring (bicyclic) bond motifs is 11. The summed E-state index contributed by atoms with van der Waals surface area (Å²) in [4.78, 5) is 14.6. The van der Waals surface area contributed by atoms with E-state index in [9.17, 15) is 0 Å². The number of furan rings is 2. The summed E-state index contributed by atoms with van der Waals surface area (Å²) >= 11 is 3.44. The highest BCUT2D eigenvalue weighted by molar-refractivity contribution is 7.22. The average molecular weight is 959 g/mol. The maximum absolute atomic E-state index is 6.44. The van der Waals surface area contributed by atoms with E-state index in [1.54, 1.807) is 22.7 Å². The first-order valence-electron chi connectivity index (χ1n) is 23.9. The predicted octanol–water partition coefficient (Wildman–Crippen LogP) is 19.3. The van der Waals surface area contributed by atoms with Gasteiger partial charge in [-0.2, -0.15) is 0 Å². The number of rotatable bonds is 8. The summed E-state index contributed by atoms with van der Waals surface area (Å²) in [5.41, 5.74) is 13.9. The lowest BCUT2D eigenvalue weighted by Crippen LogP contribution is -2.10. The highest BCUT2D eigenvalue weighted by Gasteiger charge is 2.20. The van der Waals surface area contributed by atoms with E-state index in [-0.39, 0.29) is 0 Å². The Morgan fingerprint density at radius 1 is 0.292 bits per heavy atom. The van der Waals surface area contributed by atoms with Gasteiger partial charge in [-0.05, 0) is 155 Å². The maximum Gasteiger partial charge on any atom is 0.137 e. The Labute approximate surface area is 420 Å². The van der Waals surface area contributed by atoms with Crippen molar-refractivity contribution in [1.29, 1.82) is 0 Å². The van der Waals surface area contributed by atoms with Crippen molar-refractivity contribution in [3.63, 3.8) is 0 Å². The molecule has 0 atom stereocenters. The van der Waals surface area contributed by atoms with Gasteiger partial charge in [0.1, 0.15) is 32.3 Å². The summed E-state index contributed by atoms with van der Waals surface area (Å²) < 4.78 is 15.3. The van der Waals surface area contributed by atoms with Crippen LogP contribution in [0.1, 0.15) is 0 Å². The molecule has 15 rings (SSSR count). The van der Waals surface area contributed by atoms with Crippen LogP contribution in [0.2, 0.25) is 0 Å². The number of hydrogen-bond acceptors (Lipinski definition) is 8. The van der Waals surface area contributed by atoms with Crippen LogP contribution in [0, 0.1) is 0 Å². The number of para-hydroxylation sites is 4. The van der Waals surface area contributed by atoms with Gasteiger partial charge in [0.2, 0.25) is 0 Å². The van der Waals surface area contributed by atoms with Crippen molar-refractivity contribution in [1.82, 2.24) is 9.97 Å². The number of hydrogen-bond donors (Lipinski definition) is 0. The monoisotopic (exact) mass is 958 g/mol. The smallest absolute Gasteiger partial charge is 0.137 e. The minimum Gasteiger partial charge on any atom is -0.456 e. The van der Waals surface area contributed by atoms with Crippen molar-refractivity contribution in [2.75, 3.05) is 9.80 Å². The number of anilines is 6. The third kappa shape index (κ3) is 6.76. The Bertz CT molecular complexity index is 4240. The Balaban J connectivity index is 0.828. The Hall–Kier alpha value is -9.08. The van der Waals surface area contributed by atoms with Crippen molar-refractivity contribution in [3.8, 4) is 21.1 Å². The first-order valence-corrected chi connectivity index (χ1v) is 25.6. The molecule has 0 amide bonds. The molecule has 0 N–H and O–H groups in total. The molecule has 0 aliphatic heterocycles. The van der Waals surface area contributed by atoms with Gasteiger partial charge in [0.05, 0.1) is 20.4 Å². The molecule has 11 aromatic carbocycles. The van der Waals surface area contributed by atoms with E-state index in [1.165, 1.54) is 20.2 Å². The second-order valence-electron chi connectivity index (χ2n) is 18.2. The molecule has 15 aromatic rings. The van der Waals surface area contributed by atoms with Gasteiger partial charge in [-0.1, -0.05) is 84.9 Å². The molecule has 338 valence electrons. The molecule has 0 aliphatic rings. The van der Waals surface area contributed by atoms with Gasteiger partial charge in [-0.15, -0.1) is 22.7 Å². The van der Waals surface area contributed by atoms with Crippen LogP contribution in [0.5, 0.6) is 0 Å². The molecule has 0 saturated heterocycles. The van der Waals surface area contributed by atoms with Gasteiger partial charge < -0.3 is 18.6 Å². The molecule has 4 aromatic heterocycles. The summed E-state index contributed by atoms with van der Waals surface area (Å²) in [7, 11) is 0. The maximum atomic E-state index is 6.44. The summed E-state index contributed by atoms with van der Waals surface area (Å²) in [6, 6.07) is 81.8. The molecule has 0 spiro atoms. The van der Waals surface area contributed by atoms with E-state index in [4.69, 9.17) is 18.8 Å². The first kappa shape index (κ1) is 40.8. The Morgan fingerprint density at radius 2 is 0.653 bits per heavy atom. The lowest BCUT2D eigenvalue weighted by Gasteiger charge is -2.27. The first-order chi connectivity index (χ1) is 35.6. The quantitative estimate of drug-likeness (QED) is 0.141. The lowest BCUT2D eigenvalue weighted by molar-refractivity contribution is 0.668. The molecule has 0 radical (unpaired) electrons. The number of benzene rings is 11. The third-order valence-corrected chi connectivity index (χ3v) is 16.1. The molecule has 0 aliphatic carbocycles. The van der Waals surface area contributed by atoms with Crippen molar-refractivity contribution >= 4 is 143 Å². The summed E-state index contributed by atoms with van der Waals surface area (Å²) in [5.74, 6) is 0. The average Bonchev–Trinajstić information content (AvgIpc) is 4.24. The van der Waals surface area contributed by atoms with Crippen LogP contribution in [0.4, 0.5) is 34.1 Å². The zero-order valence-electron chi connectivity index (χ0n) is 38.4. The van der Waals surface area contributed by atoms with E-state index in [1.807, 2.05) is 36.4 Å². The molecule has 0 bridgehead atoms. The predicted molar refractivity (Wildman–Crippen MR) is 303 cm³/mol. The molecule has 4 heterocycles. The van der Waals surface area contributed by atoms with Crippen LogP contribution < -0.4 is 9.80 Å². The van der Waals surface area contributed by atoms with Crippen molar-refractivity contribution < 1.29 is 8.83 Å². The van der Waals surface area contributed by atoms with Gasteiger partial charge in [0, 0.05) is 78.9 Å². The SMILES string of the molecule is c1ccc2sc(-c3ccc(N(c4ccc5c(ccc6cc(N(c7ccc(-c8nc9ccccc9s8)cc7)c7ccc8c(c7)oc7ccccc78)ccc65)c4)c4ccc5c(c4)oc4ccccc45)cc3)nc2c1. The van der Waals surface area contributed by atoms with Crippen LogP contribution in [-0.4, -0.2) is 9.97 Å². The molecule has 8 heteroatoms. The van der Waals surface area contributed by atoms with Crippen LogP contribution in [0.3, 0.4) is 0 Å². The zero-order chi connectivity index (χ0) is 47.3. The standard InChI is InChI=1S/C64H38N4O2S2/c1-5-13-57-51(9-1)53-33-29-47(37-59(53)69-57)67(43-23-19-39(20-24-43)63-65-55-11-3-7-15-61(55)71-63)45-27-31-49-41(35-45)17-18-42-36-46(28-32-50(42)49)68(48-30-34-54-52-10-2-6-14-58(52)70-60(54)38-48)44-25-21-40(22-26-44)64-66-56-12-4-8-16-62(56)72-64/h1-38H. The van der Waals surface area contributed by atoms with Gasteiger partial charge >= 0.3 is 0 Å². The summed E-state index contributed by atoms with van der Waals surface area (Å²) in [6.07, 6.45) is 0. The van der Waals surface area contributed by atoms with Gasteiger partial charge in [-0.3, -0.25) is 0 Å². The topological polar surface area (TPSA) is 58.5 Å². The molecule has 0 fully saturated rings. The normalized spacial score (nSPS) is 11.9. The minimum absolute atomic E-state index is 0.850. The van der Waals surface area contributed by atoms with Crippen molar-refractivity contribution in [3.05, 3.63) is 231 Å². The summed E-state index contributed by atoms with van der Waals surface area (Å²) in [5, 5.41) is 11.1. The van der Waals surface area contributed by atoms with Crippen LogP contribution >= 0.6 is 22.7 Å². The van der Waals surface area contributed by atoms with Crippen molar-refractivity contribution in [2.45, 2.75) is 0 Å². The van der Waals surface area contributed by atoms with E-state index in [0.717, 1.165) is 121 Å². The highest BCUT2D eigenvalue weighted by Crippen LogP contribution is 2.44. The fourth-order valence-corrected chi connectivity index (χ4v) is 12.4. The number of thiazole rings is 2. The fraction of sp³-hybridized carbons (Fsp3) is 0. The van der Waals surface area contributed by atoms with Gasteiger partial charge in [-0.25, -0.2) is 9.97 Å². The van der Waals surface area contributed by atoms with Crippen LogP contribution in [-0.2, 0) is 0 Å². The number of aromatic nitrogens is 2. The molecule has 0 unspecified atom stereocenters. The lowest BCUT2D eigenvalue weighted by atomic mass is 9.99. The van der Waals surface area contributed by atoms with Crippen LogP contribution in [0.25, 0.3) is 107 Å². The second kappa shape index (κ2) is 16.2. The largest absolute Gasteiger partial charge is 0.456 e. The fourth-order valence-electron chi connectivity index (χ4n) is 10.4. The van der Waals surface area contributed by atoms with Gasteiger partial charge in [0.25, 0.3) is 0 Å². The molecule has 0 saturated carbocycles. The van der Waals surface area contributed by atoms with E-state index < -0.39 is 0 Å². The molecular formula is C64H38N4O2S2. The van der Waals surface area contributed by atoms with E-state index in [0.29, 0.717) is 0 Å². The second-order valence-corrected chi connectivity index (χ2v) is 20.2. The summed E-state index contributed by atoms with van der Waals surface area (Å²) in [6.45, 7) is 0. The highest BCUT2D eigenvalue weighted by atomic mass is 32.1. The number of nitrogens with zero attached hydrogens (tertiary/aromatic N) is 4. The Morgan fingerprint density at radius 3 is 1.10 bits per heavy atom. The van der Waals surface area contributed by atoms with E-state index in [2.05, 4.69) is 204 Å². The Kier molecular flexibility index (Phi) is 9.20. The van der Waals surface area contributed by atoms with Crippen LogP contribution in [0.15, 0.2) is 239 Å². The molecular weight excluding hydrogens is 921 g/mol. The molecule has 6 nitrogen and oxygen atoms in total. The van der Waals surface area contributed by atoms with E-state index >= 15 is 0 Å². The zero-order valence-corrected chi connectivity index (χ0v) is 40.0. The molecule has 72 heavy (non-hydrogen) atoms. The third-order valence-electron chi connectivity index (χ3n) is 13.9. The van der Waals surface area contributed by atoms with Gasteiger partial charge in [0.15, 0.2) is 0 Å². The van der Waals surface area contributed by atoms with Crippen molar-refractivity contribution in [2.24, 2.45) is 0 Å². The minimum atomic E-state index is 0.850.